The summed E-state index contributed by atoms with van der Waals surface area (Å²) in [5.74, 6) is 0.196. The van der Waals surface area contributed by atoms with Crippen LogP contribution in [0.25, 0.3) is 0 Å². The third-order valence-corrected chi connectivity index (χ3v) is 4.55. The third-order valence-electron chi connectivity index (χ3n) is 4.55. The van der Waals surface area contributed by atoms with Gasteiger partial charge in [0.2, 0.25) is 0 Å². The number of fused-ring (bicyclic) bond motifs is 3. The van der Waals surface area contributed by atoms with Crippen LogP contribution in [0.5, 0.6) is 0 Å². The number of hydrogen-bond acceptors (Lipinski definition) is 1. The molecule has 0 radical (unpaired) electrons. The second kappa shape index (κ2) is 7.67. The van der Waals surface area contributed by atoms with Crippen LogP contribution in [-0.2, 0) is 19.5 Å². The van der Waals surface area contributed by atoms with Crippen molar-refractivity contribution in [1.82, 2.24) is 9.47 Å². The summed E-state index contributed by atoms with van der Waals surface area (Å²) >= 11 is 0. The standard InChI is InChI=1S/C11H14N2O.C7H16/c1-12-6-8-9(11(12)14)7-13-5-3-2-4-10(8)13;1-3-5-7-6-4-2/h7H,2-6H2,1H3;3-7H2,1-2H3. The molecule has 0 fully saturated rings. The van der Waals surface area contributed by atoms with Gasteiger partial charge in [0.1, 0.15) is 0 Å². The van der Waals surface area contributed by atoms with Crippen molar-refractivity contribution in [2.45, 2.75) is 78.3 Å². The maximum Gasteiger partial charge on any atom is 0.255 e. The Bertz CT molecular complexity index is 472. The molecule has 2 aliphatic rings. The van der Waals surface area contributed by atoms with E-state index in [-0.39, 0.29) is 5.91 Å². The van der Waals surface area contributed by atoms with Crippen LogP contribution >= 0.6 is 0 Å². The molecule has 0 saturated heterocycles. The van der Waals surface area contributed by atoms with Gasteiger partial charge in [-0.2, -0.15) is 0 Å². The van der Waals surface area contributed by atoms with E-state index in [1.54, 1.807) is 4.90 Å². The number of nitrogens with zero attached hydrogens (tertiary/aromatic N) is 2. The highest BCUT2D eigenvalue weighted by Crippen LogP contribution is 2.30. The highest BCUT2D eigenvalue weighted by molar-refractivity contribution is 5.98. The first-order valence-corrected chi connectivity index (χ1v) is 8.65. The smallest absolute Gasteiger partial charge is 0.255 e. The molecule has 0 unspecified atom stereocenters. The fraction of sp³-hybridized carbons (Fsp3) is 0.722. The van der Waals surface area contributed by atoms with E-state index >= 15 is 0 Å². The minimum absolute atomic E-state index is 0.196. The monoisotopic (exact) mass is 290 g/mol. The second-order valence-electron chi connectivity index (χ2n) is 6.34. The maximum atomic E-state index is 11.7. The summed E-state index contributed by atoms with van der Waals surface area (Å²) in [6.45, 7) is 6.40. The zero-order chi connectivity index (χ0) is 15.2. The van der Waals surface area contributed by atoms with Crippen LogP contribution in [-0.4, -0.2) is 22.4 Å². The first-order chi connectivity index (χ1) is 10.2. The summed E-state index contributed by atoms with van der Waals surface area (Å²) in [6, 6.07) is 0. The van der Waals surface area contributed by atoms with Crippen molar-refractivity contribution in [1.29, 1.82) is 0 Å². The van der Waals surface area contributed by atoms with Crippen molar-refractivity contribution >= 4 is 5.91 Å². The predicted octanol–water partition coefficient (Wildman–Crippen LogP) is 4.39. The highest BCUT2D eigenvalue weighted by atomic mass is 16.2. The fourth-order valence-corrected chi connectivity index (χ4v) is 3.26. The summed E-state index contributed by atoms with van der Waals surface area (Å²) in [4.78, 5) is 13.5. The number of carbonyl (C=O) groups excluding carboxylic acids is 1. The van der Waals surface area contributed by atoms with Crippen molar-refractivity contribution in [2.75, 3.05) is 7.05 Å². The molecular formula is C18H30N2O. The number of hydrogen-bond donors (Lipinski definition) is 0. The Morgan fingerprint density at radius 2 is 1.81 bits per heavy atom. The molecule has 0 bridgehead atoms. The highest BCUT2D eigenvalue weighted by Gasteiger charge is 2.30. The molecule has 21 heavy (non-hydrogen) atoms. The van der Waals surface area contributed by atoms with Gasteiger partial charge >= 0.3 is 0 Å². The van der Waals surface area contributed by atoms with E-state index in [0.29, 0.717) is 0 Å². The van der Waals surface area contributed by atoms with E-state index in [0.717, 1.165) is 25.1 Å². The average molecular weight is 290 g/mol. The van der Waals surface area contributed by atoms with Gasteiger partial charge in [0.15, 0.2) is 0 Å². The molecule has 0 saturated carbocycles. The number of carbonyl (C=O) groups is 1. The Hall–Kier alpha value is -1.25. The molecule has 1 amide bonds. The maximum absolute atomic E-state index is 11.7. The summed E-state index contributed by atoms with van der Waals surface area (Å²) in [5.41, 5.74) is 3.64. The number of amides is 1. The van der Waals surface area contributed by atoms with Gasteiger partial charge in [-0.3, -0.25) is 4.79 Å². The van der Waals surface area contributed by atoms with Crippen molar-refractivity contribution in [3.05, 3.63) is 23.0 Å². The normalized spacial score (nSPS) is 16.3. The van der Waals surface area contributed by atoms with Crippen LogP contribution < -0.4 is 0 Å². The number of unbranched alkanes of at least 4 members (excludes halogenated alkanes) is 4. The van der Waals surface area contributed by atoms with E-state index in [1.807, 2.05) is 7.05 Å². The Labute approximate surface area is 129 Å². The zero-order valence-electron chi connectivity index (χ0n) is 14.0. The van der Waals surface area contributed by atoms with Crippen LogP contribution in [0, 0.1) is 0 Å². The molecule has 3 heteroatoms. The molecule has 0 aromatic carbocycles. The molecule has 2 aliphatic heterocycles. The zero-order valence-corrected chi connectivity index (χ0v) is 14.0. The lowest BCUT2D eigenvalue weighted by Gasteiger charge is -2.17. The summed E-state index contributed by atoms with van der Waals surface area (Å²) in [5, 5.41) is 0. The molecule has 0 atom stereocenters. The SMILES string of the molecule is CCCCCCC.CN1Cc2c(cn3c2CCCC3)C1=O. The minimum atomic E-state index is 0.196. The summed E-state index contributed by atoms with van der Waals surface area (Å²) < 4.78 is 2.28. The topological polar surface area (TPSA) is 25.2 Å². The molecule has 118 valence electrons. The molecule has 0 N–H and O–H groups in total. The van der Waals surface area contributed by atoms with Crippen molar-refractivity contribution in [3.63, 3.8) is 0 Å². The predicted molar refractivity (Wildman–Crippen MR) is 87.6 cm³/mol. The van der Waals surface area contributed by atoms with E-state index < -0.39 is 0 Å². The fourth-order valence-electron chi connectivity index (χ4n) is 3.26. The lowest BCUT2D eigenvalue weighted by atomic mass is 10.1. The average Bonchev–Trinajstić information content (AvgIpc) is 2.99. The molecule has 3 nitrogen and oxygen atoms in total. The van der Waals surface area contributed by atoms with Gasteiger partial charge in [-0.25, -0.2) is 0 Å². The van der Waals surface area contributed by atoms with E-state index in [9.17, 15) is 4.79 Å². The molecular weight excluding hydrogens is 260 g/mol. The molecule has 0 aliphatic carbocycles. The van der Waals surface area contributed by atoms with Crippen molar-refractivity contribution in [3.8, 4) is 0 Å². The third kappa shape index (κ3) is 3.69. The second-order valence-corrected chi connectivity index (χ2v) is 6.34. The molecule has 1 aromatic heterocycles. The summed E-state index contributed by atoms with van der Waals surface area (Å²) in [6.07, 6.45) is 12.7. The quantitative estimate of drug-likeness (QED) is 0.755. The molecule has 3 rings (SSSR count). The van der Waals surface area contributed by atoms with Crippen LogP contribution in [0.1, 0.15) is 80.4 Å². The van der Waals surface area contributed by atoms with Crippen molar-refractivity contribution in [2.24, 2.45) is 0 Å². The van der Waals surface area contributed by atoms with E-state index in [1.165, 1.54) is 56.2 Å². The molecule has 0 spiro atoms. The number of aryl methyl sites for hydroxylation is 1. The summed E-state index contributed by atoms with van der Waals surface area (Å²) in [7, 11) is 1.88. The molecule has 1 aromatic rings. The lowest BCUT2D eigenvalue weighted by molar-refractivity contribution is 0.0815. The van der Waals surface area contributed by atoms with E-state index in [2.05, 4.69) is 24.6 Å². The number of rotatable bonds is 4. The van der Waals surface area contributed by atoms with Crippen LogP contribution in [0.15, 0.2) is 6.20 Å². The largest absolute Gasteiger partial charge is 0.350 e. The van der Waals surface area contributed by atoms with Gasteiger partial charge < -0.3 is 9.47 Å². The Kier molecular flexibility index (Phi) is 5.89. The number of aromatic nitrogens is 1. The van der Waals surface area contributed by atoms with Gasteiger partial charge in [0.25, 0.3) is 5.91 Å². The van der Waals surface area contributed by atoms with Gasteiger partial charge in [-0.1, -0.05) is 46.0 Å². The Balaban J connectivity index is 0.000000199. The first-order valence-electron chi connectivity index (χ1n) is 8.65. The Morgan fingerprint density at radius 1 is 1.10 bits per heavy atom. The van der Waals surface area contributed by atoms with Gasteiger partial charge in [0, 0.05) is 37.6 Å². The lowest BCUT2D eigenvalue weighted by Crippen LogP contribution is -2.19. The minimum Gasteiger partial charge on any atom is -0.350 e. The van der Waals surface area contributed by atoms with Gasteiger partial charge in [-0.05, 0) is 19.3 Å². The first kappa shape index (κ1) is 16.1. The van der Waals surface area contributed by atoms with E-state index in [4.69, 9.17) is 0 Å². The Morgan fingerprint density at radius 3 is 2.48 bits per heavy atom. The van der Waals surface area contributed by atoms with Crippen LogP contribution in [0.3, 0.4) is 0 Å². The molecule has 3 heterocycles. The van der Waals surface area contributed by atoms with Crippen LogP contribution in [0.4, 0.5) is 0 Å². The van der Waals surface area contributed by atoms with Crippen molar-refractivity contribution < 1.29 is 4.79 Å². The van der Waals surface area contributed by atoms with Gasteiger partial charge in [-0.15, -0.1) is 0 Å². The van der Waals surface area contributed by atoms with Gasteiger partial charge in [0.05, 0.1) is 5.56 Å². The van der Waals surface area contributed by atoms with Crippen LogP contribution in [0.2, 0.25) is 0 Å².